The van der Waals surface area contributed by atoms with Gasteiger partial charge in [-0.25, -0.2) is 4.79 Å². The summed E-state index contributed by atoms with van der Waals surface area (Å²) in [5.74, 6) is 0.427. The molecule has 6 heteroatoms. The van der Waals surface area contributed by atoms with Crippen LogP contribution in [0.3, 0.4) is 0 Å². The Hall–Kier alpha value is -1.30. The molecule has 0 spiro atoms. The van der Waals surface area contributed by atoms with E-state index in [9.17, 15) is 9.59 Å². The predicted molar refractivity (Wildman–Crippen MR) is 73.2 cm³/mol. The molecular weight excluding hydrogens is 258 g/mol. The van der Waals surface area contributed by atoms with Gasteiger partial charge in [0.2, 0.25) is 5.91 Å². The van der Waals surface area contributed by atoms with E-state index in [-0.39, 0.29) is 17.9 Å². The Labute approximate surface area is 119 Å². The lowest BCUT2D eigenvalue weighted by molar-refractivity contribution is -0.137. The van der Waals surface area contributed by atoms with Gasteiger partial charge in [0, 0.05) is 38.3 Å². The molecule has 0 aromatic rings. The Kier molecular flexibility index (Phi) is 3.83. The summed E-state index contributed by atoms with van der Waals surface area (Å²) in [7, 11) is 0. The zero-order chi connectivity index (χ0) is 14.1. The summed E-state index contributed by atoms with van der Waals surface area (Å²) in [6.45, 7) is 4.63. The molecular formula is C14H23N3O3. The molecule has 3 saturated heterocycles. The summed E-state index contributed by atoms with van der Waals surface area (Å²) in [6, 6.07) is 0.936. The van der Waals surface area contributed by atoms with Crippen LogP contribution in [-0.2, 0) is 9.53 Å². The largest absolute Gasteiger partial charge is 0.450 e. The van der Waals surface area contributed by atoms with Gasteiger partial charge in [-0.15, -0.1) is 0 Å². The van der Waals surface area contributed by atoms with E-state index in [0.717, 1.165) is 12.8 Å². The van der Waals surface area contributed by atoms with E-state index < -0.39 is 0 Å². The van der Waals surface area contributed by atoms with E-state index in [4.69, 9.17) is 4.74 Å². The van der Waals surface area contributed by atoms with Crippen LogP contribution in [-0.4, -0.2) is 66.7 Å². The van der Waals surface area contributed by atoms with Gasteiger partial charge < -0.3 is 19.9 Å². The third-order valence-corrected chi connectivity index (χ3v) is 4.73. The summed E-state index contributed by atoms with van der Waals surface area (Å²) in [5.41, 5.74) is 0. The van der Waals surface area contributed by atoms with Crippen molar-refractivity contribution in [1.29, 1.82) is 0 Å². The first-order chi connectivity index (χ1) is 9.69. The highest BCUT2D eigenvalue weighted by Gasteiger charge is 2.44. The van der Waals surface area contributed by atoms with Gasteiger partial charge in [-0.1, -0.05) is 0 Å². The number of ether oxygens (including phenoxy) is 1. The van der Waals surface area contributed by atoms with Gasteiger partial charge in [-0.05, 0) is 26.2 Å². The van der Waals surface area contributed by atoms with Crippen LogP contribution < -0.4 is 5.32 Å². The molecule has 6 nitrogen and oxygen atoms in total. The number of hydrogen-bond donors (Lipinski definition) is 1. The summed E-state index contributed by atoms with van der Waals surface area (Å²) in [6.07, 6.45) is 3.07. The number of amides is 2. The predicted octanol–water partition coefficient (Wildman–Crippen LogP) is 0.428. The van der Waals surface area contributed by atoms with Crippen molar-refractivity contribution < 1.29 is 14.3 Å². The second kappa shape index (κ2) is 5.60. The quantitative estimate of drug-likeness (QED) is 0.797. The normalized spacial score (nSPS) is 32.5. The average Bonchev–Trinajstić information content (AvgIpc) is 3.09. The maximum absolute atomic E-state index is 12.5. The Bertz CT molecular complexity index is 393. The topological polar surface area (TPSA) is 61.9 Å². The van der Waals surface area contributed by atoms with Crippen molar-refractivity contribution in [1.82, 2.24) is 15.1 Å². The summed E-state index contributed by atoms with van der Waals surface area (Å²) in [4.78, 5) is 27.8. The van der Waals surface area contributed by atoms with Gasteiger partial charge in [-0.3, -0.25) is 4.79 Å². The van der Waals surface area contributed by atoms with Crippen LogP contribution in [0.15, 0.2) is 0 Å². The Morgan fingerprint density at radius 1 is 1.15 bits per heavy atom. The second-order valence-corrected chi connectivity index (χ2v) is 5.90. The van der Waals surface area contributed by atoms with Crippen molar-refractivity contribution in [3.63, 3.8) is 0 Å². The molecule has 3 aliphatic rings. The SMILES string of the molecule is CCOC(=O)N1CCN(C(=O)C2CC3CCC2N3)CC1. The molecule has 3 heterocycles. The zero-order valence-corrected chi connectivity index (χ0v) is 12.0. The molecule has 3 fully saturated rings. The minimum atomic E-state index is -0.263. The molecule has 0 saturated carbocycles. The number of rotatable bonds is 2. The number of nitrogens with zero attached hydrogens (tertiary/aromatic N) is 2. The van der Waals surface area contributed by atoms with Gasteiger partial charge >= 0.3 is 6.09 Å². The van der Waals surface area contributed by atoms with Crippen LogP contribution in [0.4, 0.5) is 4.79 Å². The van der Waals surface area contributed by atoms with Crippen molar-refractivity contribution >= 4 is 12.0 Å². The molecule has 0 aromatic heterocycles. The molecule has 20 heavy (non-hydrogen) atoms. The van der Waals surface area contributed by atoms with Crippen LogP contribution in [0.2, 0.25) is 0 Å². The lowest BCUT2D eigenvalue weighted by atomic mass is 9.88. The number of fused-ring (bicyclic) bond motifs is 2. The molecule has 0 aromatic carbocycles. The lowest BCUT2D eigenvalue weighted by Crippen LogP contribution is -2.53. The van der Waals surface area contributed by atoms with Gasteiger partial charge in [0.1, 0.15) is 0 Å². The van der Waals surface area contributed by atoms with Crippen LogP contribution in [0.25, 0.3) is 0 Å². The van der Waals surface area contributed by atoms with Crippen LogP contribution in [0.5, 0.6) is 0 Å². The van der Waals surface area contributed by atoms with Crippen molar-refractivity contribution in [3.8, 4) is 0 Å². The third kappa shape index (κ3) is 2.49. The number of carbonyl (C=O) groups is 2. The molecule has 3 rings (SSSR count). The first-order valence-corrected chi connectivity index (χ1v) is 7.65. The Balaban J connectivity index is 1.51. The smallest absolute Gasteiger partial charge is 0.409 e. The second-order valence-electron chi connectivity index (χ2n) is 5.90. The third-order valence-electron chi connectivity index (χ3n) is 4.73. The zero-order valence-electron chi connectivity index (χ0n) is 12.0. The summed E-state index contributed by atoms with van der Waals surface area (Å²) in [5, 5.41) is 3.51. The Morgan fingerprint density at radius 2 is 1.85 bits per heavy atom. The molecule has 3 atom stereocenters. The highest BCUT2D eigenvalue weighted by molar-refractivity contribution is 5.80. The molecule has 0 radical (unpaired) electrons. The van der Waals surface area contributed by atoms with E-state index in [1.807, 2.05) is 4.90 Å². The van der Waals surface area contributed by atoms with E-state index >= 15 is 0 Å². The standard InChI is InChI=1S/C14H23N3O3/c1-2-20-14(19)17-7-5-16(6-8-17)13(18)11-9-10-3-4-12(11)15-10/h10-12,15H,2-9H2,1H3. The van der Waals surface area contributed by atoms with Crippen molar-refractivity contribution in [2.24, 2.45) is 5.92 Å². The van der Waals surface area contributed by atoms with E-state index in [1.54, 1.807) is 11.8 Å². The van der Waals surface area contributed by atoms with Gasteiger partial charge in [0.25, 0.3) is 0 Å². The van der Waals surface area contributed by atoms with E-state index in [0.29, 0.717) is 44.9 Å². The maximum Gasteiger partial charge on any atom is 0.409 e. The number of hydrogen-bond acceptors (Lipinski definition) is 4. The minimum absolute atomic E-state index is 0.155. The van der Waals surface area contributed by atoms with E-state index in [1.165, 1.54) is 6.42 Å². The number of nitrogens with one attached hydrogen (secondary N) is 1. The van der Waals surface area contributed by atoms with Crippen LogP contribution in [0, 0.1) is 5.92 Å². The fourth-order valence-corrected chi connectivity index (χ4v) is 3.66. The molecule has 2 bridgehead atoms. The summed E-state index contributed by atoms with van der Waals surface area (Å²) < 4.78 is 4.99. The molecule has 2 amide bonds. The molecule has 0 aliphatic carbocycles. The fourth-order valence-electron chi connectivity index (χ4n) is 3.66. The van der Waals surface area contributed by atoms with Crippen molar-refractivity contribution in [2.45, 2.75) is 38.3 Å². The minimum Gasteiger partial charge on any atom is -0.450 e. The van der Waals surface area contributed by atoms with Gasteiger partial charge in [-0.2, -0.15) is 0 Å². The number of carbonyl (C=O) groups excluding carboxylic acids is 2. The highest BCUT2D eigenvalue weighted by Crippen LogP contribution is 2.34. The summed E-state index contributed by atoms with van der Waals surface area (Å²) >= 11 is 0. The monoisotopic (exact) mass is 281 g/mol. The molecule has 1 N–H and O–H groups in total. The lowest BCUT2D eigenvalue weighted by Gasteiger charge is -2.36. The molecule has 112 valence electrons. The van der Waals surface area contributed by atoms with Crippen LogP contribution in [0.1, 0.15) is 26.2 Å². The van der Waals surface area contributed by atoms with Gasteiger partial charge in [0.15, 0.2) is 0 Å². The highest BCUT2D eigenvalue weighted by atomic mass is 16.6. The first-order valence-electron chi connectivity index (χ1n) is 7.65. The Morgan fingerprint density at radius 3 is 2.40 bits per heavy atom. The average molecular weight is 281 g/mol. The van der Waals surface area contributed by atoms with Crippen molar-refractivity contribution in [2.75, 3.05) is 32.8 Å². The molecule has 3 aliphatic heterocycles. The van der Waals surface area contributed by atoms with Crippen molar-refractivity contribution in [3.05, 3.63) is 0 Å². The van der Waals surface area contributed by atoms with Gasteiger partial charge in [0.05, 0.1) is 12.5 Å². The first kappa shape index (κ1) is 13.7. The molecule has 3 unspecified atom stereocenters. The van der Waals surface area contributed by atoms with Crippen LogP contribution >= 0.6 is 0 Å². The maximum atomic E-state index is 12.5. The fraction of sp³-hybridized carbons (Fsp3) is 0.857. The van der Waals surface area contributed by atoms with E-state index in [2.05, 4.69) is 5.32 Å². The number of piperazine rings is 1.